The summed E-state index contributed by atoms with van der Waals surface area (Å²) < 4.78 is 0. The van der Waals surface area contributed by atoms with Crippen molar-refractivity contribution >= 4 is 17.3 Å². The zero-order chi connectivity index (χ0) is 14.3. The first-order chi connectivity index (χ1) is 9.08. The fourth-order valence-electron chi connectivity index (χ4n) is 1.29. The van der Waals surface area contributed by atoms with E-state index in [0.717, 1.165) is 6.07 Å². The van der Waals surface area contributed by atoms with E-state index >= 15 is 0 Å². The van der Waals surface area contributed by atoms with Crippen molar-refractivity contribution < 1.29 is 9.72 Å². The summed E-state index contributed by atoms with van der Waals surface area (Å²) in [6.45, 7) is -0.0512. The van der Waals surface area contributed by atoms with E-state index in [1.807, 2.05) is 6.07 Å². The predicted molar refractivity (Wildman–Crippen MR) is 68.1 cm³/mol. The maximum Gasteiger partial charge on any atom is 0.293 e. The van der Waals surface area contributed by atoms with Crippen molar-refractivity contribution in [2.75, 3.05) is 18.4 Å². The first-order valence-corrected chi connectivity index (χ1v) is 5.21. The molecule has 0 heterocycles. The van der Waals surface area contributed by atoms with Gasteiger partial charge in [-0.3, -0.25) is 14.9 Å². The molecule has 0 aliphatic heterocycles. The quantitative estimate of drug-likeness (QED) is 0.457. The molecule has 0 saturated carbocycles. The molecule has 1 rings (SSSR count). The number of terminal acetylenes is 1. The van der Waals surface area contributed by atoms with E-state index in [2.05, 4.69) is 16.6 Å². The van der Waals surface area contributed by atoms with Gasteiger partial charge < -0.3 is 10.6 Å². The van der Waals surface area contributed by atoms with Crippen molar-refractivity contribution in [3.05, 3.63) is 33.9 Å². The number of rotatable bonds is 5. The Bertz CT molecular complexity index is 584. The second kappa shape index (κ2) is 6.62. The topological polar surface area (TPSA) is 108 Å². The van der Waals surface area contributed by atoms with Crippen molar-refractivity contribution in [2.24, 2.45) is 0 Å². The van der Waals surface area contributed by atoms with Gasteiger partial charge in [0.25, 0.3) is 5.69 Å². The van der Waals surface area contributed by atoms with Crippen LogP contribution in [0.5, 0.6) is 0 Å². The van der Waals surface area contributed by atoms with Gasteiger partial charge in [0.05, 0.1) is 29.6 Å². The third-order valence-electron chi connectivity index (χ3n) is 2.15. The highest BCUT2D eigenvalue weighted by atomic mass is 16.6. The number of nitriles is 1. The van der Waals surface area contributed by atoms with E-state index in [-0.39, 0.29) is 35.9 Å². The molecule has 0 aromatic heterocycles. The van der Waals surface area contributed by atoms with Gasteiger partial charge in [0.15, 0.2) is 0 Å². The first-order valence-electron chi connectivity index (χ1n) is 5.21. The molecule has 0 radical (unpaired) electrons. The fourth-order valence-corrected chi connectivity index (χ4v) is 1.29. The number of benzene rings is 1. The van der Waals surface area contributed by atoms with Crippen LogP contribution in [0.4, 0.5) is 11.4 Å². The van der Waals surface area contributed by atoms with Gasteiger partial charge in [-0.25, -0.2) is 0 Å². The molecule has 0 atom stereocenters. The van der Waals surface area contributed by atoms with Crippen LogP contribution in [0.25, 0.3) is 0 Å². The number of hydrogen-bond donors (Lipinski definition) is 2. The highest BCUT2D eigenvalue weighted by Gasteiger charge is 2.15. The monoisotopic (exact) mass is 258 g/mol. The molecule has 0 bridgehead atoms. The number of carbonyl (C=O) groups excluding carboxylic acids is 1. The minimum Gasteiger partial charge on any atom is -0.371 e. The molecule has 0 unspecified atom stereocenters. The molecule has 1 amide bonds. The van der Waals surface area contributed by atoms with Gasteiger partial charge in [0.1, 0.15) is 5.69 Å². The number of nitro groups is 1. The van der Waals surface area contributed by atoms with Crippen LogP contribution in [0.3, 0.4) is 0 Å². The average Bonchev–Trinajstić information content (AvgIpc) is 2.42. The molecular formula is C12H10N4O3. The van der Waals surface area contributed by atoms with Crippen molar-refractivity contribution in [1.29, 1.82) is 5.26 Å². The standard InChI is InChI=1S/C12H10N4O3/c1-2-5-14-12(17)8-15-10-4-3-9(7-13)6-11(10)16(18)19/h1,3-4,6,15H,5,8H2,(H,14,17). The van der Waals surface area contributed by atoms with Crippen LogP contribution < -0.4 is 10.6 Å². The summed E-state index contributed by atoms with van der Waals surface area (Å²) in [4.78, 5) is 21.5. The molecular weight excluding hydrogens is 248 g/mol. The first kappa shape index (κ1) is 14.0. The smallest absolute Gasteiger partial charge is 0.293 e. The molecule has 7 nitrogen and oxygen atoms in total. The van der Waals surface area contributed by atoms with Crippen LogP contribution in [0.15, 0.2) is 18.2 Å². The van der Waals surface area contributed by atoms with Crippen molar-refractivity contribution in [2.45, 2.75) is 0 Å². The second-order valence-corrected chi connectivity index (χ2v) is 3.44. The Labute approximate surface area is 109 Å². The maximum atomic E-state index is 11.3. The lowest BCUT2D eigenvalue weighted by molar-refractivity contribution is -0.384. The zero-order valence-electron chi connectivity index (χ0n) is 9.84. The molecule has 0 aliphatic carbocycles. The van der Waals surface area contributed by atoms with Gasteiger partial charge in [-0.05, 0) is 12.1 Å². The molecule has 96 valence electrons. The summed E-state index contributed by atoms with van der Waals surface area (Å²) in [5.41, 5.74) is 0.0812. The summed E-state index contributed by atoms with van der Waals surface area (Å²) >= 11 is 0. The van der Waals surface area contributed by atoms with Crippen LogP contribution in [-0.4, -0.2) is 23.9 Å². The van der Waals surface area contributed by atoms with E-state index in [9.17, 15) is 14.9 Å². The van der Waals surface area contributed by atoms with Crippen molar-refractivity contribution in [3.63, 3.8) is 0 Å². The zero-order valence-corrected chi connectivity index (χ0v) is 9.84. The second-order valence-electron chi connectivity index (χ2n) is 3.44. The van der Waals surface area contributed by atoms with Crippen LogP contribution in [0.2, 0.25) is 0 Å². The van der Waals surface area contributed by atoms with Gasteiger partial charge >= 0.3 is 0 Å². The molecule has 0 saturated heterocycles. The molecule has 0 fully saturated rings. The van der Waals surface area contributed by atoms with Gasteiger partial charge in [-0.2, -0.15) is 5.26 Å². The third-order valence-corrected chi connectivity index (χ3v) is 2.15. The molecule has 1 aromatic rings. The number of nitro benzene ring substituents is 1. The Morgan fingerprint density at radius 3 is 2.84 bits per heavy atom. The number of hydrogen-bond acceptors (Lipinski definition) is 5. The maximum absolute atomic E-state index is 11.3. The van der Waals surface area contributed by atoms with E-state index in [1.165, 1.54) is 12.1 Å². The summed E-state index contributed by atoms with van der Waals surface area (Å²) in [6.07, 6.45) is 4.97. The normalized spacial score (nSPS) is 8.95. The summed E-state index contributed by atoms with van der Waals surface area (Å²) in [7, 11) is 0. The van der Waals surface area contributed by atoms with Gasteiger partial charge in [-0.1, -0.05) is 5.92 Å². The van der Waals surface area contributed by atoms with Gasteiger partial charge in [-0.15, -0.1) is 6.42 Å². The Balaban J connectivity index is 2.79. The number of nitrogens with zero attached hydrogens (tertiary/aromatic N) is 2. The lowest BCUT2D eigenvalue weighted by atomic mass is 10.2. The molecule has 0 aliphatic rings. The third kappa shape index (κ3) is 4.02. The van der Waals surface area contributed by atoms with E-state index in [0.29, 0.717) is 0 Å². The van der Waals surface area contributed by atoms with Crippen LogP contribution in [-0.2, 0) is 4.79 Å². The SMILES string of the molecule is C#CCNC(=O)CNc1ccc(C#N)cc1[N+](=O)[O-]. The fraction of sp³-hybridized carbons (Fsp3) is 0.167. The minimum absolute atomic E-state index is 0.0932. The Hall–Kier alpha value is -3.06. The summed E-state index contributed by atoms with van der Waals surface area (Å²) in [5, 5.41) is 24.5. The molecule has 0 spiro atoms. The average molecular weight is 258 g/mol. The lowest BCUT2D eigenvalue weighted by Gasteiger charge is -2.06. The number of nitrogens with one attached hydrogen (secondary N) is 2. The molecule has 1 aromatic carbocycles. The van der Waals surface area contributed by atoms with Crippen molar-refractivity contribution in [3.8, 4) is 18.4 Å². The number of carbonyl (C=O) groups is 1. The Kier molecular flexibility index (Phi) is 4.88. The molecule has 19 heavy (non-hydrogen) atoms. The van der Waals surface area contributed by atoms with Crippen LogP contribution >= 0.6 is 0 Å². The Morgan fingerprint density at radius 1 is 1.53 bits per heavy atom. The number of amides is 1. The van der Waals surface area contributed by atoms with Gasteiger partial charge in [0.2, 0.25) is 5.91 Å². The minimum atomic E-state index is -0.623. The summed E-state index contributed by atoms with van der Waals surface area (Å²) in [5.74, 6) is 1.86. The molecule has 2 N–H and O–H groups in total. The predicted octanol–water partition coefficient (Wildman–Crippen LogP) is 0.628. The Morgan fingerprint density at radius 2 is 2.26 bits per heavy atom. The van der Waals surface area contributed by atoms with Gasteiger partial charge in [0, 0.05) is 6.07 Å². The van der Waals surface area contributed by atoms with E-state index in [1.54, 1.807) is 0 Å². The highest BCUT2D eigenvalue weighted by Crippen LogP contribution is 2.24. The highest BCUT2D eigenvalue weighted by molar-refractivity contribution is 5.82. The van der Waals surface area contributed by atoms with E-state index in [4.69, 9.17) is 11.7 Å². The largest absolute Gasteiger partial charge is 0.371 e. The van der Waals surface area contributed by atoms with Crippen LogP contribution in [0.1, 0.15) is 5.56 Å². The van der Waals surface area contributed by atoms with E-state index < -0.39 is 4.92 Å². The van der Waals surface area contributed by atoms with Crippen LogP contribution in [0, 0.1) is 33.8 Å². The number of anilines is 1. The van der Waals surface area contributed by atoms with Crippen molar-refractivity contribution in [1.82, 2.24) is 5.32 Å². The lowest BCUT2D eigenvalue weighted by Crippen LogP contribution is -2.30. The molecule has 7 heteroatoms. The summed E-state index contributed by atoms with van der Waals surface area (Å²) in [6, 6.07) is 5.75.